The van der Waals surface area contributed by atoms with Crippen LogP contribution in [0, 0.1) is 5.92 Å². The second-order valence-electron chi connectivity index (χ2n) is 6.99. The topological polar surface area (TPSA) is 81.7 Å². The molecule has 1 atom stereocenters. The Kier molecular flexibility index (Phi) is 6.54. The number of benzene rings is 2. The minimum atomic E-state index is -0.512. The number of nitrogens with zero attached hydrogens (tertiary/aromatic N) is 1. The van der Waals surface area contributed by atoms with Crippen molar-refractivity contribution in [1.82, 2.24) is 4.90 Å². The molecular weight excluding hydrogens is 378 g/mol. The van der Waals surface area contributed by atoms with Crippen molar-refractivity contribution in [2.45, 2.75) is 25.9 Å². The van der Waals surface area contributed by atoms with Gasteiger partial charge in [-0.05, 0) is 42.5 Å². The summed E-state index contributed by atoms with van der Waals surface area (Å²) in [6, 6.07) is 14.3. The molecule has 1 saturated heterocycles. The molecule has 1 aliphatic rings. The molecule has 3 N–H and O–H groups in total. The van der Waals surface area contributed by atoms with Gasteiger partial charge in [0, 0.05) is 25.7 Å². The van der Waals surface area contributed by atoms with Gasteiger partial charge in [0.05, 0.1) is 16.8 Å². The fourth-order valence-electron chi connectivity index (χ4n) is 3.43. The van der Waals surface area contributed by atoms with Crippen molar-refractivity contribution in [2.75, 3.05) is 23.7 Å². The molecule has 2 aromatic rings. The molecule has 7 heteroatoms. The van der Waals surface area contributed by atoms with Gasteiger partial charge in [-0.15, -0.1) is 0 Å². The van der Waals surface area contributed by atoms with Crippen LogP contribution < -0.4 is 10.6 Å². The number of hydrogen-bond donors (Lipinski definition) is 3. The monoisotopic (exact) mass is 401 g/mol. The highest BCUT2D eigenvalue weighted by Crippen LogP contribution is 2.31. The lowest BCUT2D eigenvalue weighted by atomic mass is 9.87. The summed E-state index contributed by atoms with van der Waals surface area (Å²) in [4.78, 5) is 25.4. The number of amides is 3. The van der Waals surface area contributed by atoms with Crippen molar-refractivity contribution < 1.29 is 14.7 Å². The number of likely N-dealkylation sites (tertiary alicyclic amines) is 1. The standard InChI is InChI=1S/C21H24ClN3O3/c1-14(26)23-17-7-8-19(18(22)13-17)24-21(28)25-11-9-16(10-12-25)20(27)15-5-3-2-4-6-15/h2-8,13,16,20,27H,9-12H2,1H3,(H,23,26)(H,24,28). The van der Waals surface area contributed by atoms with E-state index in [4.69, 9.17) is 11.6 Å². The Hall–Kier alpha value is -2.57. The van der Waals surface area contributed by atoms with Gasteiger partial charge in [-0.3, -0.25) is 4.79 Å². The van der Waals surface area contributed by atoms with Crippen molar-refractivity contribution in [2.24, 2.45) is 5.92 Å². The van der Waals surface area contributed by atoms with Gasteiger partial charge in [0.1, 0.15) is 0 Å². The summed E-state index contributed by atoms with van der Waals surface area (Å²) in [7, 11) is 0. The van der Waals surface area contributed by atoms with Gasteiger partial charge in [0.25, 0.3) is 0 Å². The molecule has 3 rings (SSSR count). The minimum absolute atomic E-state index is 0.131. The number of nitrogens with one attached hydrogen (secondary N) is 2. The van der Waals surface area contributed by atoms with Crippen LogP contribution in [-0.4, -0.2) is 35.0 Å². The van der Waals surface area contributed by atoms with Crippen molar-refractivity contribution in [3.63, 3.8) is 0 Å². The van der Waals surface area contributed by atoms with Crippen LogP contribution >= 0.6 is 11.6 Å². The summed E-state index contributed by atoms with van der Waals surface area (Å²) in [5, 5.41) is 16.4. The summed E-state index contributed by atoms with van der Waals surface area (Å²) in [6.45, 7) is 2.56. The zero-order valence-corrected chi connectivity index (χ0v) is 16.4. The molecule has 1 aliphatic heterocycles. The van der Waals surface area contributed by atoms with Crippen LogP contribution in [0.4, 0.5) is 16.2 Å². The Morgan fingerprint density at radius 2 is 1.79 bits per heavy atom. The molecule has 1 heterocycles. The molecule has 0 radical (unpaired) electrons. The number of carbonyl (C=O) groups excluding carboxylic acids is 2. The molecule has 0 aromatic heterocycles. The van der Waals surface area contributed by atoms with E-state index >= 15 is 0 Å². The van der Waals surface area contributed by atoms with E-state index in [1.54, 1.807) is 23.1 Å². The van der Waals surface area contributed by atoms with E-state index in [1.807, 2.05) is 30.3 Å². The average molecular weight is 402 g/mol. The summed E-state index contributed by atoms with van der Waals surface area (Å²) in [5.41, 5.74) is 1.98. The number of carbonyl (C=O) groups is 2. The van der Waals surface area contributed by atoms with Crippen LogP contribution in [-0.2, 0) is 4.79 Å². The van der Waals surface area contributed by atoms with Crippen LogP contribution in [0.1, 0.15) is 31.4 Å². The summed E-state index contributed by atoms with van der Waals surface area (Å²) >= 11 is 6.21. The van der Waals surface area contributed by atoms with Crippen molar-refractivity contribution in [1.29, 1.82) is 0 Å². The molecule has 28 heavy (non-hydrogen) atoms. The molecular formula is C21H24ClN3O3. The maximum absolute atomic E-state index is 12.6. The van der Waals surface area contributed by atoms with Crippen LogP contribution in [0.25, 0.3) is 0 Å². The lowest BCUT2D eigenvalue weighted by Gasteiger charge is -2.34. The highest BCUT2D eigenvalue weighted by Gasteiger charge is 2.28. The maximum Gasteiger partial charge on any atom is 0.321 e. The number of rotatable bonds is 4. The minimum Gasteiger partial charge on any atom is -0.388 e. The fraction of sp³-hybridized carbons (Fsp3) is 0.333. The third-order valence-corrected chi connectivity index (χ3v) is 5.26. The van der Waals surface area contributed by atoms with Gasteiger partial charge in [0.2, 0.25) is 5.91 Å². The van der Waals surface area contributed by atoms with Crippen molar-refractivity contribution >= 4 is 34.9 Å². The number of aliphatic hydroxyl groups excluding tert-OH is 1. The van der Waals surface area contributed by atoms with E-state index in [-0.39, 0.29) is 17.9 Å². The zero-order valence-electron chi connectivity index (χ0n) is 15.7. The predicted molar refractivity (Wildman–Crippen MR) is 110 cm³/mol. The Bertz CT molecular complexity index is 836. The maximum atomic E-state index is 12.6. The Morgan fingerprint density at radius 3 is 2.39 bits per heavy atom. The number of piperidine rings is 1. The fourth-order valence-corrected chi connectivity index (χ4v) is 3.66. The average Bonchev–Trinajstić information content (AvgIpc) is 2.70. The predicted octanol–water partition coefficient (Wildman–Crippen LogP) is 4.28. The number of aliphatic hydroxyl groups is 1. The first-order chi connectivity index (χ1) is 13.4. The van der Waals surface area contributed by atoms with Crippen LogP contribution in [0.5, 0.6) is 0 Å². The molecule has 1 unspecified atom stereocenters. The van der Waals surface area contributed by atoms with Gasteiger partial charge >= 0.3 is 6.03 Å². The Balaban J connectivity index is 1.55. The first-order valence-corrected chi connectivity index (χ1v) is 9.68. The van der Waals surface area contributed by atoms with E-state index in [2.05, 4.69) is 10.6 Å². The highest BCUT2D eigenvalue weighted by molar-refractivity contribution is 6.34. The van der Waals surface area contributed by atoms with E-state index in [9.17, 15) is 14.7 Å². The van der Waals surface area contributed by atoms with E-state index < -0.39 is 6.10 Å². The van der Waals surface area contributed by atoms with E-state index in [0.717, 1.165) is 18.4 Å². The van der Waals surface area contributed by atoms with Crippen LogP contribution in [0.2, 0.25) is 5.02 Å². The lowest BCUT2D eigenvalue weighted by Crippen LogP contribution is -2.42. The normalized spacial score (nSPS) is 15.8. The molecule has 0 bridgehead atoms. The second-order valence-corrected chi connectivity index (χ2v) is 7.39. The van der Waals surface area contributed by atoms with Gasteiger partial charge in [0.15, 0.2) is 0 Å². The van der Waals surface area contributed by atoms with Crippen LogP contribution in [0.15, 0.2) is 48.5 Å². The van der Waals surface area contributed by atoms with Crippen LogP contribution in [0.3, 0.4) is 0 Å². The van der Waals surface area contributed by atoms with E-state index in [1.165, 1.54) is 6.92 Å². The third kappa shape index (κ3) is 5.03. The molecule has 2 aromatic carbocycles. The number of hydrogen-bond acceptors (Lipinski definition) is 3. The highest BCUT2D eigenvalue weighted by atomic mass is 35.5. The molecule has 148 valence electrons. The number of urea groups is 1. The first kappa shape index (κ1) is 20.2. The Labute approximate surface area is 169 Å². The summed E-state index contributed by atoms with van der Waals surface area (Å²) in [5.74, 6) is -0.0552. The van der Waals surface area contributed by atoms with Gasteiger partial charge in [-0.2, -0.15) is 0 Å². The second kappa shape index (κ2) is 9.08. The van der Waals surface area contributed by atoms with Crippen molar-refractivity contribution in [3.05, 3.63) is 59.1 Å². The lowest BCUT2D eigenvalue weighted by molar-refractivity contribution is -0.114. The largest absolute Gasteiger partial charge is 0.388 e. The smallest absolute Gasteiger partial charge is 0.321 e. The number of anilines is 2. The summed E-state index contributed by atoms with van der Waals surface area (Å²) in [6.07, 6.45) is 0.958. The molecule has 3 amide bonds. The van der Waals surface area contributed by atoms with Gasteiger partial charge < -0.3 is 20.6 Å². The molecule has 0 aliphatic carbocycles. The molecule has 6 nitrogen and oxygen atoms in total. The summed E-state index contributed by atoms with van der Waals surface area (Å²) < 4.78 is 0. The van der Waals surface area contributed by atoms with Gasteiger partial charge in [-0.1, -0.05) is 41.9 Å². The number of halogens is 1. The quantitative estimate of drug-likeness (QED) is 0.715. The first-order valence-electron chi connectivity index (χ1n) is 9.30. The zero-order chi connectivity index (χ0) is 20.1. The Morgan fingerprint density at radius 1 is 1.11 bits per heavy atom. The molecule has 1 fully saturated rings. The third-order valence-electron chi connectivity index (χ3n) is 4.95. The van der Waals surface area contributed by atoms with Gasteiger partial charge in [-0.25, -0.2) is 4.79 Å². The molecule has 0 saturated carbocycles. The SMILES string of the molecule is CC(=O)Nc1ccc(NC(=O)N2CCC(C(O)c3ccccc3)CC2)c(Cl)c1. The van der Waals surface area contributed by atoms with Crippen molar-refractivity contribution in [3.8, 4) is 0 Å². The molecule has 0 spiro atoms. The van der Waals surface area contributed by atoms with E-state index in [0.29, 0.717) is 29.5 Å².